The van der Waals surface area contributed by atoms with E-state index in [2.05, 4.69) is 12.2 Å². The Morgan fingerprint density at radius 3 is 2.72 bits per heavy atom. The molecule has 1 heterocycles. The molecule has 6 heteroatoms. The molecule has 0 aromatic carbocycles. The molecule has 1 aliphatic heterocycles. The molecule has 18 heavy (non-hydrogen) atoms. The highest BCUT2D eigenvalue weighted by molar-refractivity contribution is 6.08. The van der Waals surface area contributed by atoms with Crippen LogP contribution in [0.5, 0.6) is 0 Å². The van der Waals surface area contributed by atoms with Crippen LogP contribution in [-0.2, 0) is 14.4 Å². The van der Waals surface area contributed by atoms with Crippen molar-refractivity contribution in [1.82, 2.24) is 10.2 Å². The number of nitrogens with one attached hydrogen (secondary N) is 1. The van der Waals surface area contributed by atoms with Gasteiger partial charge in [-0.25, -0.2) is 4.79 Å². The number of nitrogens with zero attached hydrogens (tertiary/aromatic N) is 1. The van der Waals surface area contributed by atoms with Gasteiger partial charge in [0.1, 0.15) is 6.04 Å². The van der Waals surface area contributed by atoms with Crippen molar-refractivity contribution in [2.75, 3.05) is 13.1 Å². The third-order valence-corrected chi connectivity index (χ3v) is 2.73. The number of carboxylic acid groups (broad SMARTS) is 1. The van der Waals surface area contributed by atoms with Crippen molar-refractivity contribution >= 4 is 17.8 Å². The monoisotopic (exact) mass is 254 g/mol. The van der Waals surface area contributed by atoms with Gasteiger partial charge in [-0.3, -0.25) is 14.5 Å². The van der Waals surface area contributed by atoms with Gasteiger partial charge in [0.15, 0.2) is 0 Å². The van der Waals surface area contributed by atoms with Crippen molar-refractivity contribution in [3.8, 4) is 0 Å². The number of β-lactam (4-membered cyclic amide) rings is 1. The zero-order chi connectivity index (χ0) is 13.5. The number of amides is 2. The maximum Gasteiger partial charge on any atom is 0.328 e. The Morgan fingerprint density at radius 2 is 2.17 bits per heavy atom. The fourth-order valence-corrected chi connectivity index (χ4v) is 1.66. The van der Waals surface area contributed by atoms with Crippen molar-refractivity contribution in [3.63, 3.8) is 0 Å². The van der Waals surface area contributed by atoms with Crippen LogP contribution >= 0.6 is 0 Å². The van der Waals surface area contributed by atoms with E-state index < -0.39 is 11.9 Å². The molecule has 0 radical (unpaired) electrons. The van der Waals surface area contributed by atoms with Crippen LogP contribution < -0.4 is 5.32 Å². The molecule has 1 aliphatic rings. The van der Waals surface area contributed by atoms with E-state index in [-0.39, 0.29) is 11.9 Å². The standard InChI is InChI=1S/C12H18N2O4/c1-2-3-4-7-13-9-8-14(12(9)18)10(15)5-6-11(16)17/h5-6,9,13H,2-4,7-8H2,1H3,(H,16,17). The number of carbonyl (C=O) groups excluding carboxylic acids is 2. The minimum Gasteiger partial charge on any atom is -0.478 e. The smallest absolute Gasteiger partial charge is 0.328 e. The van der Waals surface area contributed by atoms with E-state index in [0.717, 1.165) is 42.9 Å². The maximum atomic E-state index is 11.6. The average molecular weight is 254 g/mol. The molecule has 0 aliphatic carbocycles. The van der Waals surface area contributed by atoms with E-state index in [0.29, 0.717) is 6.54 Å². The molecule has 2 amide bonds. The van der Waals surface area contributed by atoms with Crippen molar-refractivity contribution in [1.29, 1.82) is 0 Å². The summed E-state index contributed by atoms with van der Waals surface area (Å²) in [7, 11) is 0. The van der Waals surface area contributed by atoms with Crippen LogP contribution in [0.2, 0.25) is 0 Å². The number of carbonyl (C=O) groups is 3. The molecule has 6 nitrogen and oxygen atoms in total. The Balaban J connectivity index is 2.28. The first-order chi connectivity index (χ1) is 8.56. The molecule has 0 aromatic heterocycles. The van der Waals surface area contributed by atoms with E-state index in [1.54, 1.807) is 0 Å². The van der Waals surface area contributed by atoms with E-state index in [9.17, 15) is 14.4 Å². The second-order valence-electron chi connectivity index (χ2n) is 4.17. The number of carboxylic acids is 1. The summed E-state index contributed by atoms with van der Waals surface area (Å²) in [6.07, 6.45) is 4.86. The third-order valence-electron chi connectivity index (χ3n) is 2.73. The van der Waals surface area contributed by atoms with Crippen LogP contribution in [0.15, 0.2) is 12.2 Å². The fraction of sp³-hybridized carbons (Fsp3) is 0.583. The molecule has 100 valence electrons. The molecular formula is C12H18N2O4. The van der Waals surface area contributed by atoms with Gasteiger partial charge in [0.2, 0.25) is 5.91 Å². The third kappa shape index (κ3) is 3.96. The first-order valence-electron chi connectivity index (χ1n) is 6.06. The number of hydrogen-bond donors (Lipinski definition) is 2. The average Bonchev–Trinajstić information content (AvgIpc) is 2.33. The number of rotatable bonds is 7. The van der Waals surface area contributed by atoms with Gasteiger partial charge in [-0.05, 0) is 13.0 Å². The summed E-state index contributed by atoms with van der Waals surface area (Å²) in [5.74, 6) is -2.06. The van der Waals surface area contributed by atoms with Gasteiger partial charge in [-0.2, -0.15) is 0 Å². The summed E-state index contributed by atoms with van der Waals surface area (Å²) in [5.41, 5.74) is 0. The van der Waals surface area contributed by atoms with Gasteiger partial charge < -0.3 is 10.4 Å². The summed E-state index contributed by atoms with van der Waals surface area (Å²) in [6, 6.07) is -0.302. The Labute approximate surface area is 106 Å². The number of unbranched alkanes of at least 4 members (excludes halogenated alkanes) is 2. The normalized spacial score (nSPS) is 19.1. The molecule has 1 atom stereocenters. The lowest BCUT2D eigenvalue weighted by atomic mass is 10.1. The Bertz CT molecular complexity index is 365. The van der Waals surface area contributed by atoms with E-state index in [4.69, 9.17) is 5.11 Å². The van der Waals surface area contributed by atoms with Gasteiger partial charge in [-0.1, -0.05) is 19.8 Å². The highest BCUT2D eigenvalue weighted by atomic mass is 16.4. The maximum absolute atomic E-state index is 11.6. The summed E-state index contributed by atoms with van der Waals surface area (Å²) >= 11 is 0. The van der Waals surface area contributed by atoms with E-state index in [1.165, 1.54) is 0 Å². The number of hydrogen-bond acceptors (Lipinski definition) is 4. The van der Waals surface area contributed by atoms with Gasteiger partial charge in [0.05, 0.1) is 6.54 Å². The second-order valence-corrected chi connectivity index (χ2v) is 4.17. The second kappa shape index (κ2) is 6.90. The predicted octanol–water partition coefficient (Wildman–Crippen LogP) is 0.144. The molecule has 1 saturated heterocycles. The molecule has 0 bridgehead atoms. The van der Waals surface area contributed by atoms with Crippen LogP contribution in [-0.4, -0.2) is 46.9 Å². The van der Waals surface area contributed by atoms with Crippen molar-refractivity contribution in [2.45, 2.75) is 32.2 Å². The zero-order valence-corrected chi connectivity index (χ0v) is 10.4. The molecule has 1 rings (SSSR count). The van der Waals surface area contributed by atoms with Crippen molar-refractivity contribution in [3.05, 3.63) is 12.2 Å². The SMILES string of the molecule is CCCCCNC1CN(C(=O)C=CC(=O)O)C1=O. The van der Waals surface area contributed by atoms with E-state index >= 15 is 0 Å². The molecule has 1 unspecified atom stereocenters. The quantitative estimate of drug-likeness (QED) is 0.383. The largest absolute Gasteiger partial charge is 0.478 e. The lowest BCUT2D eigenvalue weighted by Crippen LogP contribution is -2.64. The summed E-state index contributed by atoms with van der Waals surface area (Å²) in [5, 5.41) is 11.4. The Morgan fingerprint density at radius 1 is 1.44 bits per heavy atom. The van der Waals surface area contributed by atoms with Crippen molar-refractivity contribution < 1.29 is 19.5 Å². The minimum atomic E-state index is -1.20. The van der Waals surface area contributed by atoms with Gasteiger partial charge in [0, 0.05) is 12.2 Å². The highest BCUT2D eigenvalue weighted by Gasteiger charge is 2.39. The molecule has 0 spiro atoms. The molecule has 2 N–H and O–H groups in total. The highest BCUT2D eigenvalue weighted by Crippen LogP contribution is 2.11. The van der Waals surface area contributed by atoms with Crippen LogP contribution in [0.25, 0.3) is 0 Å². The van der Waals surface area contributed by atoms with Crippen LogP contribution in [0.4, 0.5) is 0 Å². The summed E-state index contributed by atoms with van der Waals surface area (Å²) < 4.78 is 0. The Hall–Kier alpha value is -1.69. The fourth-order valence-electron chi connectivity index (χ4n) is 1.66. The molecular weight excluding hydrogens is 236 g/mol. The number of aliphatic carboxylic acids is 1. The topological polar surface area (TPSA) is 86.7 Å². The van der Waals surface area contributed by atoms with E-state index in [1.807, 2.05) is 0 Å². The number of imide groups is 1. The molecule has 0 aromatic rings. The molecule has 0 saturated carbocycles. The van der Waals surface area contributed by atoms with Crippen molar-refractivity contribution in [2.24, 2.45) is 0 Å². The first-order valence-corrected chi connectivity index (χ1v) is 6.06. The minimum absolute atomic E-state index is 0.286. The predicted molar refractivity (Wildman–Crippen MR) is 64.8 cm³/mol. The zero-order valence-electron chi connectivity index (χ0n) is 10.4. The number of likely N-dealkylation sites (tertiary alicyclic amines) is 1. The van der Waals surface area contributed by atoms with Crippen LogP contribution in [0, 0.1) is 0 Å². The molecule has 1 fully saturated rings. The van der Waals surface area contributed by atoms with Crippen LogP contribution in [0.1, 0.15) is 26.2 Å². The van der Waals surface area contributed by atoms with Gasteiger partial charge in [0.25, 0.3) is 5.91 Å². The lowest BCUT2D eigenvalue weighted by molar-refractivity contribution is -0.153. The Kier molecular flexibility index (Phi) is 5.51. The summed E-state index contributed by atoms with van der Waals surface area (Å²) in [4.78, 5) is 34.2. The van der Waals surface area contributed by atoms with Gasteiger partial charge in [-0.15, -0.1) is 0 Å². The first kappa shape index (κ1) is 14.4. The van der Waals surface area contributed by atoms with Gasteiger partial charge >= 0.3 is 5.97 Å². The lowest BCUT2D eigenvalue weighted by Gasteiger charge is -2.36. The van der Waals surface area contributed by atoms with Crippen LogP contribution in [0.3, 0.4) is 0 Å². The summed E-state index contributed by atoms with van der Waals surface area (Å²) in [6.45, 7) is 3.18.